The summed E-state index contributed by atoms with van der Waals surface area (Å²) < 4.78 is 0. The van der Waals surface area contributed by atoms with Crippen molar-refractivity contribution >= 4 is 17.6 Å². The Morgan fingerprint density at radius 2 is 1.46 bits per heavy atom. The van der Waals surface area contributed by atoms with Gasteiger partial charge in [-0.1, -0.05) is 71.0 Å². The van der Waals surface area contributed by atoms with E-state index in [4.69, 9.17) is 5.11 Å². The Bertz CT molecular complexity index is 883. The van der Waals surface area contributed by atoms with Crippen LogP contribution in [0.5, 0.6) is 0 Å². The minimum absolute atomic E-state index is 0.151. The number of carboxylic acids is 1. The Labute approximate surface area is 156 Å². The molecule has 1 aliphatic rings. The van der Waals surface area contributed by atoms with Gasteiger partial charge in [-0.15, -0.1) is 0 Å². The number of carbonyl (C=O) groups is 1. The summed E-state index contributed by atoms with van der Waals surface area (Å²) >= 11 is 0. The fourth-order valence-corrected chi connectivity index (χ4v) is 4.31. The lowest BCUT2D eigenvalue weighted by atomic mass is 9.71. The number of allylic oxidation sites excluding steroid dienone is 1. The zero-order chi connectivity index (χ0) is 19.3. The zero-order valence-corrected chi connectivity index (χ0v) is 16.6. The molecule has 0 aliphatic heterocycles. The van der Waals surface area contributed by atoms with Crippen molar-refractivity contribution < 1.29 is 9.90 Å². The monoisotopic (exact) mass is 348 g/mol. The maximum absolute atomic E-state index is 11.0. The van der Waals surface area contributed by atoms with Crippen LogP contribution in [0.15, 0.2) is 42.5 Å². The van der Waals surface area contributed by atoms with Crippen LogP contribution in [-0.4, -0.2) is 11.1 Å². The number of aromatic carboxylic acids is 1. The molecular weight excluding hydrogens is 320 g/mol. The van der Waals surface area contributed by atoms with Crippen molar-refractivity contribution in [2.24, 2.45) is 5.92 Å². The minimum Gasteiger partial charge on any atom is -0.478 e. The number of carboxylic acid groups (broad SMARTS) is 1. The summed E-state index contributed by atoms with van der Waals surface area (Å²) in [7, 11) is 0. The number of fused-ring (bicyclic) bond motifs is 1. The first kappa shape index (κ1) is 18.4. The van der Waals surface area contributed by atoms with Crippen molar-refractivity contribution in [2.75, 3.05) is 0 Å². The first-order valence-corrected chi connectivity index (χ1v) is 9.22. The summed E-state index contributed by atoms with van der Waals surface area (Å²) in [5, 5.41) is 9.02. The molecule has 0 heterocycles. The smallest absolute Gasteiger partial charge is 0.335 e. The molecular formula is C24H28O2. The van der Waals surface area contributed by atoms with E-state index in [-0.39, 0.29) is 10.8 Å². The predicted molar refractivity (Wildman–Crippen MR) is 109 cm³/mol. The van der Waals surface area contributed by atoms with E-state index in [1.807, 2.05) is 12.1 Å². The molecule has 0 fully saturated rings. The summed E-state index contributed by atoms with van der Waals surface area (Å²) in [4.78, 5) is 11.0. The molecule has 1 aliphatic carbocycles. The maximum atomic E-state index is 11.0. The van der Waals surface area contributed by atoms with Crippen LogP contribution in [0.3, 0.4) is 0 Å². The highest BCUT2D eigenvalue weighted by Gasteiger charge is 2.48. The molecule has 3 rings (SSSR count). The van der Waals surface area contributed by atoms with E-state index in [1.165, 1.54) is 22.3 Å². The third-order valence-electron chi connectivity index (χ3n) is 6.57. The van der Waals surface area contributed by atoms with Crippen LogP contribution in [0.2, 0.25) is 0 Å². The van der Waals surface area contributed by atoms with Gasteiger partial charge in [-0.25, -0.2) is 4.79 Å². The standard InChI is InChI=1S/C24H28O2/c1-15(13-17-7-9-18(10-8-17)22(25)26)19-11-12-20-21(14-19)24(5,6)16(2)23(20,3)4/h7-14,16H,1-6H3,(H,25,26)/b15-13-. The van der Waals surface area contributed by atoms with Gasteiger partial charge in [0.1, 0.15) is 0 Å². The van der Waals surface area contributed by atoms with Crippen molar-refractivity contribution in [1.82, 2.24) is 0 Å². The van der Waals surface area contributed by atoms with Crippen LogP contribution < -0.4 is 0 Å². The first-order chi connectivity index (χ1) is 12.0. The Hall–Kier alpha value is -2.35. The van der Waals surface area contributed by atoms with Crippen LogP contribution in [0, 0.1) is 5.92 Å². The van der Waals surface area contributed by atoms with E-state index in [9.17, 15) is 4.79 Å². The van der Waals surface area contributed by atoms with E-state index in [1.54, 1.807) is 12.1 Å². The third-order valence-corrected chi connectivity index (χ3v) is 6.57. The second-order valence-corrected chi connectivity index (χ2v) is 8.68. The van der Waals surface area contributed by atoms with Gasteiger partial charge in [-0.2, -0.15) is 0 Å². The summed E-state index contributed by atoms with van der Waals surface area (Å²) in [6.07, 6.45) is 2.11. The Morgan fingerprint density at radius 1 is 0.923 bits per heavy atom. The molecule has 1 unspecified atom stereocenters. The molecule has 136 valence electrons. The van der Waals surface area contributed by atoms with E-state index < -0.39 is 5.97 Å². The molecule has 1 atom stereocenters. The molecule has 1 N–H and O–H groups in total. The van der Waals surface area contributed by atoms with E-state index in [2.05, 4.69) is 65.8 Å². The van der Waals surface area contributed by atoms with Crippen LogP contribution in [-0.2, 0) is 10.8 Å². The predicted octanol–water partition coefficient (Wildman–Crippen LogP) is 6.15. The number of hydrogen-bond donors (Lipinski definition) is 1. The lowest BCUT2D eigenvalue weighted by Crippen LogP contribution is -2.30. The molecule has 0 amide bonds. The fraction of sp³-hybridized carbons (Fsp3) is 0.375. The summed E-state index contributed by atoms with van der Waals surface area (Å²) in [5.74, 6) is -0.317. The van der Waals surface area contributed by atoms with Crippen LogP contribution in [0.1, 0.15) is 74.2 Å². The van der Waals surface area contributed by atoms with Gasteiger partial charge in [-0.05, 0) is 63.6 Å². The molecule has 0 bridgehead atoms. The molecule has 2 aromatic rings. The Balaban J connectivity index is 1.98. The molecule has 0 saturated carbocycles. The average molecular weight is 348 g/mol. The third kappa shape index (κ3) is 2.88. The molecule has 2 nitrogen and oxygen atoms in total. The summed E-state index contributed by atoms with van der Waals surface area (Å²) in [6, 6.07) is 13.9. The van der Waals surface area contributed by atoms with Gasteiger partial charge in [0.05, 0.1) is 5.56 Å². The summed E-state index contributed by atoms with van der Waals surface area (Å²) in [6.45, 7) is 13.8. The van der Waals surface area contributed by atoms with Crippen molar-refractivity contribution in [3.05, 3.63) is 70.3 Å². The second kappa shape index (κ2) is 6.12. The molecule has 2 aromatic carbocycles. The number of benzene rings is 2. The quantitative estimate of drug-likeness (QED) is 0.675. The molecule has 0 saturated heterocycles. The highest BCUT2D eigenvalue weighted by atomic mass is 16.4. The van der Waals surface area contributed by atoms with Crippen molar-refractivity contribution in [1.29, 1.82) is 0 Å². The van der Waals surface area contributed by atoms with E-state index in [0.717, 1.165) is 5.56 Å². The molecule has 0 spiro atoms. The average Bonchev–Trinajstić information content (AvgIpc) is 2.73. The lowest BCUT2D eigenvalue weighted by Gasteiger charge is -2.32. The highest BCUT2D eigenvalue weighted by molar-refractivity contribution is 5.88. The molecule has 0 radical (unpaired) electrons. The first-order valence-electron chi connectivity index (χ1n) is 9.22. The van der Waals surface area contributed by atoms with Crippen LogP contribution in [0.4, 0.5) is 0 Å². The van der Waals surface area contributed by atoms with Gasteiger partial charge >= 0.3 is 5.97 Å². The Kier molecular flexibility index (Phi) is 4.34. The minimum atomic E-state index is -0.894. The number of hydrogen-bond acceptors (Lipinski definition) is 1. The topological polar surface area (TPSA) is 37.3 Å². The van der Waals surface area contributed by atoms with Crippen molar-refractivity contribution in [2.45, 2.75) is 52.4 Å². The second-order valence-electron chi connectivity index (χ2n) is 8.68. The molecule has 2 heteroatoms. The van der Waals surface area contributed by atoms with Crippen LogP contribution in [0.25, 0.3) is 11.6 Å². The largest absolute Gasteiger partial charge is 0.478 e. The number of rotatable bonds is 3. The highest BCUT2D eigenvalue weighted by Crippen LogP contribution is 2.53. The van der Waals surface area contributed by atoms with Gasteiger partial charge in [0.25, 0.3) is 0 Å². The maximum Gasteiger partial charge on any atom is 0.335 e. The van der Waals surface area contributed by atoms with Gasteiger partial charge < -0.3 is 5.11 Å². The van der Waals surface area contributed by atoms with E-state index >= 15 is 0 Å². The fourth-order valence-electron chi connectivity index (χ4n) is 4.31. The van der Waals surface area contributed by atoms with Gasteiger partial charge in [0.15, 0.2) is 0 Å². The van der Waals surface area contributed by atoms with Gasteiger partial charge in [0, 0.05) is 0 Å². The SMILES string of the molecule is C/C(=C/c1ccc(C(=O)O)cc1)c1ccc2c(c1)C(C)(C)C(C)C2(C)C. The lowest BCUT2D eigenvalue weighted by molar-refractivity contribution is 0.0697. The van der Waals surface area contributed by atoms with Crippen molar-refractivity contribution in [3.63, 3.8) is 0 Å². The van der Waals surface area contributed by atoms with Gasteiger partial charge in [0.2, 0.25) is 0 Å². The molecule has 26 heavy (non-hydrogen) atoms. The molecule has 0 aromatic heterocycles. The van der Waals surface area contributed by atoms with Crippen molar-refractivity contribution in [3.8, 4) is 0 Å². The van der Waals surface area contributed by atoms with E-state index in [0.29, 0.717) is 11.5 Å². The zero-order valence-electron chi connectivity index (χ0n) is 16.6. The normalized spacial score (nSPS) is 20.7. The van der Waals surface area contributed by atoms with Gasteiger partial charge in [-0.3, -0.25) is 0 Å². The van der Waals surface area contributed by atoms with Crippen LogP contribution >= 0.6 is 0 Å². The summed E-state index contributed by atoms with van der Waals surface area (Å²) in [5.41, 5.74) is 6.98. The Morgan fingerprint density at radius 3 is 2.04 bits per heavy atom.